The van der Waals surface area contributed by atoms with E-state index in [4.69, 9.17) is 0 Å². The van der Waals surface area contributed by atoms with E-state index < -0.39 is 0 Å². The molecule has 1 atom stereocenters. The highest BCUT2D eigenvalue weighted by Crippen LogP contribution is 2.27. The Morgan fingerprint density at radius 3 is 2.70 bits per heavy atom. The van der Waals surface area contributed by atoms with Crippen molar-refractivity contribution >= 4 is 5.69 Å². The van der Waals surface area contributed by atoms with Crippen molar-refractivity contribution in [1.29, 1.82) is 0 Å². The fourth-order valence-electron chi connectivity index (χ4n) is 3.10. The third-order valence-electron chi connectivity index (χ3n) is 4.31. The zero-order valence-electron chi connectivity index (χ0n) is 12.9. The van der Waals surface area contributed by atoms with E-state index in [-0.39, 0.29) is 6.10 Å². The Morgan fingerprint density at radius 2 is 1.85 bits per heavy atom. The molecule has 0 amide bonds. The summed E-state index contributed by atoms with van der Waals surface area (Å²) in [6, 6.07) is 8.58. The van der Waals surface area contributed by atoms with Crippen molar-refractivity contribution in [2.24, 2.45) is 0 Å². The van der Waals surface area contributed by atoms with Gasteiger partial charge in [-0.15, -0.1) is 0 Å². The number of anilines is 1. The van der Waals surface area contributed by atoms with Crippen LogP contribution in [0.25, 0.3) is 0 Å². The number of unbranched alkanes of at least 4 members (excludes halogenated alkanes) is 5. The highest BCUT2D eigenvalue weighted by atomic mass is 16.3. The highest BCUT2D eigenvalue weighted by Gasteiger charge is 2.20. The average Bonchev–Trinajstić information content (AvgIpc) is 2.86. The monoisotopic (exact) mass is 275 g/mol. The summed E-state index contributed by atoms with van der Waals surface area (Å²) >= 11 is 0. The Labute approximate surface area is 123 Å². The largest absolute Gasteiger partial charge is 0.391 e. The summed E-state index contributed by atoms with van der Waals surface area (Å²) in [5.74, 6) is 0. The molecule has 2 heteroatoms. The molecule has 0 aromatic heterocycles. The molecule has 0 radical (unpaired) electrons. The van der Waals surface area contributed by atoms with Crippen LogP contribution in [0.4, 0.5) is 5.69 Å². The molecular formula is C18H29NO. The topological polar surface area (TPSA) is 23.5 Å². The molecule has 0 spiro atoms. The number of nitrogens with zero attached hydrogens (tertiary/aromatic N) is 1. The van der Waals surface area contributed by atoms with Crippen molar-refractivity contribution in [3.05, 3.63) is 29.8 Å². The van der Waals surface area contributed by atoms with Crippen LogP contribution < -0.4 is 4.90 Å². The third kappa shape index (κ3) is 4.52. The molecule has 2 rings (SSSR count). The number of fused-ring (bicyclic) bond motifs is 1. The first-order valence-electron chi connectivity index (χ1n) is 8.32. The highest BCUT2D eigenvalue weighted by molar-refractivity contribution is 5.57. The first-order valence-corrected chi connectivity index (χ1v) is 8.32. The minimum atomic E-state index is -0.174. The van der Waals surface area contributed by atoms with Gasteiger partial charge in [-0.2, -0.15) is 0 Å². The minimum Gasteiger partial charge on any atom is -0.391 e. The molecule has 1 N–H and O–H groups in total. The normalized spacial score (nSPS) is 15.4. The van der Waals surface area contributed by atoms with E-state index in [0.29, 0.717) is 0 Å². The van der Waals surface area contributed by atoms with Crippen molar-refractivity contribution in [3.63, 3.8) is 0 Å². The molecule has 1 heterocycles. The zero-order chi connectivity index (χ0) is 14.2. The lowest BCUT2D eigenvalue weighted by molar-refractivity contribution is 0.166. The number of para-hydroxylation sites is 1. The van der Waals surface area contributed by atoms with Crippen LogP contribution in [0.5, 0.6) is 0 Å². The predicted octanol–water partition coefficient (Wildman–Crippen LogP) is 4.16. The van der Waals surface area contributed by atoms with E-state index in [0.717, 1.165) is 25.9 Å². The second-order valence-corrected chi connectivity index (χ2v) is 6.03. The molecule has 1 aliphatic rings. The molecule has 1 aromatic rings. The van der Waals surface area contributed by atoms with Crippen molar-refractivity contribution in [2.45, 2.75) is 64.4 Å². The standard InChI is InChI=1S/C18H29NO/c1-2-3-4-5-6-7-11-17(20)15-19-14-13-16-10-8-9-12-18(16)19/h8-10,12,17,20H,2-7,11,13-15H2,1H3. The smallest absolute Gasteiger partial charge is 0.0715 e. The maximum atomic E-state index is 10.2. The summed E-state index contributed by atoms with van der Waals surface area (Å²) in [4.78, 5) is 2.34. The molecule has 112 valence electrons. The number of rotatable bonds is 9. The first-order chi connectivity index (χ1) is 9.81. The fourth-order valence-corrected chi connectivity index (χ4v) is 3.10. The molecule has 0 saturated carbocycles. The molecule has 1 aromatic carbocycles. The predicted molar refractivity (Wildman–Crippen MR) is 86.4 cm³/mol. The van der Waals surface area contributed by atoms with Crippen molar-refractivity contribution in [2.75, 3.05) is 18.0 Å². The van der Waals surface area contributed by atoms with E-state index in [1.165, 1.54) is 49.8 Å². The Hall–Kier alpha value is -1.02. The van der Waals surface area contributed by atoms with Gasteiger partial charge in [0.2, 0.25) is 0 Å². The second-order valence-electron chi connectivity index (χ2n) is 6.03. The molecule has 0 fully saturated rings. The number of β-amino-alcohol motifs (C(OH)–C–C–N with tert-alkyl or cyclic N) is 1. The fraction of sp³-hybridized carbons (Fsp3) is 0.667. The van der Waals surface area contributed by atoms with Gasteiger partial charge in [0.05, 0.1) is 6.10 Å². The van der Waals surface area contributed by atoms with E-state index in [2.05, 4.69) is 36.1 Å². The molecule has 0 saturated heterocycles. The summed E-state index contributed by atoms with van der Waals surface area (Å²) in [5, 5.41) is 10.2. The van der Waals surface area contributed by atoms with Gasteiger partial charge in [0, 0.05) is 18.8 Å². The molecular weight excluding hydrogens is 246 g/mol. The number of benzene rings is 1. The van der Waals surface area contributed by atoms with Gasteiger partial charge in [0.25, 0.3) is 0 Å². The summed E-state index contributed by atoms with van der Waals surface area (Å²) < 4.78 is 0. The number of aliphatic hydroxyl groups excluding tert-OH is 1. The molecule has 2 nitrogen and oxygen atoms in total. The van der Waals surface area contributed by atoms with Crippen LogP contribution in [-0.4, -0.2) is 24.3 Å². The lowest BCUT2D eigenvalue weighted by atomic mass is 10.1. The van der Waals surface area contributed by atoms with E-state index >= 15 is 0 Å². The Kier molecular flexibility index (Phi) is 6.38. The lowest BCUT2D eigenvalue weighted by Gasteiger charge is -2.22. The van der Waals surface area contributed by atoms with Crippen molar-refractivity contribution in [3.8, 4) is 0 Å². The Morgan fingerprint density at radius 1 is 1.10 bits per heavy atom. The molecule has 0 bridgehead atoms. The van der Waals surface area contributed by atoms with Gasteiger partial charge < -0.3 is 10.0 Å². The van der Waals surface area contributed by atoms with Crippen LogP contribution >= 0.6 is 0 Å². The lowest BCUT2D eigenvalue weighted by Crippen LogP contribution is -2.30. The first kappa shape index (κ1) is 15.4. The van der Waals surface area contributed by atoms with Crippen LogP contribution in [0.1, 0.15) is 57.4 Å². The van der Waals surface area contributed by atoms with E-state index in [1.807, 2.05) is 0 Å². The Balaban J connectivity index is 1.64. The van der Waals surface area contributed by atoms with Crippen LogP contribution in [0.3, 0.4) is 0 Å². The van der Waals surface area contributed by atoms with E-state index in [1.54, 1.807) is 0 Å². The average molecular weight is 275 g/mol. The molecule has 20 heavy (non-hydrogen) atoms. The van der Waals surface area contributed by atoms with Crippen LogP contribution in [-0.2, 0) is 6.42 Å². The van der Waals surface area contributed by atoms with Crippen molar-refractivity contribution < 1.29 is 5.11 Å². The summed E-state index contributed by atoms with van der Waals surface area (Å²) in [6.45, 7) is 4.11. The molecule has 1 aliphatic heterocycles. The molecule has 0 aliphatic carbocycles. The summed E-state index contributed by atoms with van der Waals surface area (Å²) in [7, 11) is 0. The maximum Gasteiger partial charge on any atom is 0.0715 e. The van der Waals surface area contributed by atoms with Gasteiger partial charge in [0.1, 0.15) is 0 Å². The number of aliphatic hydroxyl groups is 1. The van der Waals surface area contributed by atoms with Crippen LogP contribution in [0.2, 0.25) is 0 Å². The van der Waals surface area contributed by atoms with Crippen LogP contribution in [0.15, 0.2) is 24.3 Å². The van der Waals surface area contributed by atoms with Gasteiger partial charge in [-0.3, -0.25) is 0 Å². The van der Waals surface area contributed by atoms with E-state index in [9.17, 15) is 5.11 Å². The summed E-state index contributed by atoms with van der Waals surface area (Å²) in [5.41, 5.74) is 2.76. The minimum absolute atomic E-state index is 0.174. The van der Waals surface area contributed by atoms with Gasteiger partial charge in [0.15, 0.2) is 0 Å². The second kappa shape index (κ2) is 8.31. The van der Waals surface area contributed by atoms with Crippen molar-refractivity contribution in [1.82, 2.24) is 0 Å². The van der Waals surface area contributed by atoms with Gasteiger partial charge in [-0.1, -0.05) is 63.6 Å². The van der Waals surface area contributed by atoms with Gasteiger partial charge in [-0.05, 0) is 24.5 Å². The zero-order valence-corrected chi connectivity index (χ0v) is 12.9. The quantitative estimate of drug-likeness (QED) is 0.684. The molecule has 1 unspecified atom stereocenters. The SMILES string of the molecule is CCCCCCCCC(O)CN1CCc2ccccc21. The summed E-state index contributed by atoms with van der Waals surface area (Å²) in [6.07, 6.45) is 9.68. The number of hydrogen-bond acceptors (Lipinski definition) is 2. The number of hydrogen-bond donors (Lipinski definition) is 1. The Bertz CT molecular complexity index is 391. The third-order valence-corrected chi connectivity index (χ3v) is 4.31. The maximum absolute atomic E-state index is 10.2. The van der Waals surface area contributed by atoms with Gasteiger partial charge in [-0.25, -0.2) is 0 Å². The van der Waals surface area contributed by atoms with Crippen LogP contribution in [0, 0.1) is 0 Å². The van der Waals surface area contributed by atoms with Gasteiger partial charge >= 0.3 is 0 Å².